The van der Waals surface area contributed by atoms with Crippen molar-refractivity contribution in [1.29, 1.82) is 0 Å². The molecule has 0 radical (unpaired) electrons. The fourth-order valence-corrected chi connectivity index (χ4v) is 2.51. The van der Waals surface area contributed by atoms with Crippen LogP contribution in [0.1, 0.15) is 24.5 Å². The standard InChI is InChI=1S/C16H22N2O3/c19-15(11-18-7-9-21-10-8-18)12-3-5-14(6-4-12)17-16(20)13-1-2-13/h3-6,13,15,19H,1-2,7-11H2,(H,17,20). The number of carbonyl (C=O) groups is 1. The fraction of sp³-hybridized carbons (Fsp3) is 0.562. The summed E-state index contributed by atoms with van der Waals surface area (Å²) < 4.78 is 5.30. The Morgan fingerprint density at radius 2 is 1.95 bits per heavy atom. The first-order valence-corrected chi connectivity index (χ1v) is 7.61. The predicted octanol–water partition coefficient (Wildman–Crippen LogP) is 1.40. The molecule has 1 unspecified atom stereocenters. The van der Waals surface area contributed by atoms with Gasteiger partial charge in [-0.25, -0.2) is 0 Å². The number of aliphatic hydroxyl groups excluding tert-OH is 1. The van der Waals surface area contributed by atoms with E-state index in [1.54, 1.807) is 0 Å². The average Bonchev–Trinajstić information content (AvgIpc) is 3.33. The van der Waals surface area contributed by atoms with E-state index >= 15 is 0 Å². The molecule has 0 aromatic heterocycles. The van der Waals surface area contributed by atoms with E-state index in [1.807, 2.05) is 24.3 Å². The van der Waals surface area contributed by atoms with Crippen LogP contribution < -0.4 is 5.32 Å². The number of aliphatic hydroxyl groups is 1. The number of ether oxygens (including phenoxy) is 1. The van der Waals surface area contributed by atoms with E-state index in [0.717, 1.165) is 50.4 Å². The third-order valence-corrected chi connectivity index (χ3v) is 4.05. The molecule has 1 aromatic carbocycles. The lowest BCUT2D eigenvalue weighted by atomic mass is 10.1. The number of carbonyl (C=O) groups excluding carboxylic acids is 1. The third-order valence-electron chi connectivity index (χ3n) is 4.05. The highest BCUT2D eigenvalue weighted by Gasteiger charge is 2.29. The molecule has 1 aromatic rings. The van der Waals surface area contributed by atoms with Gasteiger partial charge in [0.25, 0.3) is 0 Å². The van der Waals surface area contributed by atoms with Gasteiger partial charge >= 0.3 is 0 Å². The second kappa shape index (κ2) is 6.56. The van der Waals surface area contributed by atoms with Gasteiger partial charge in [0.05, 0.1) is 19.3 Å². The Hall–Kier alpha value is -1.43. The van der Waals surface area contributed by atoms with Gasteiger partial charge in [0, 0.05) is 31.2 Å². The lowest BCUT2D eigenvalue weighted by Gasteiger charge is -2.28. The first-order valence-electron chi connectivity index (χ1n) is 7.61. The topological polar surface area (TPSA) is 61.8 Å². The number of nitrogens with one attached hydrogen (secondary N) is 1. The highest BCUT2D eigenvalue weighted by molar-refractivity contribution is 5.93. The van der Waals surface area contributed by atoms with Gasteiger partial charge in [0.1, 0.15) is 0 Å². The predicted molar refractivity (Wildman–Crippen MR) is 80.0 cm³/mol. The molecule has 5 heteroatoms. The quantitative estimate of drug-likeness (QED) is 0.860. The minimum Gasteiger partial charge on any atom is -0.387 e. The Morgan fingerprint density at radius 1 is 1.29 bits per heavy atom. The highest BCUT2D eigenvalue weighted by Crippen LogP contribution is 2.30. The molecular formula is C16H22N2O3. The van der Waals surface area contributed by atoms with E-state index in [-0.39, 0.29) is 11.8 Å². The molecule has 1 saturated carbocycles. The maximum atomic E-state index is 11.7. The van der Waals surface area contributed by atoms with Crippen LogP contribution in [0.25, 0.3) is 0 Å². The molecule has 2 fully saturated rings. The number of hydrogen-bond acceptors (Lipinski definition) is 4. The van der Waals surface area contributed by atoms with Gasteiger partial charge in [-0.15, -0.1) is 0 Å². The Labute approximate surface area is 124 Å². The molecule has 1 amide bonds. The van der Waals surface area contributed by atoms with Crippen molar-refractivity contribution in [2.75, 3.05) is 38.2 Å². The van der Waals surface area contributed by atoms with Gasteiger partial charge in [-0.05, 0) is 30.5 Å². The smallest absolute Gasteiger partial charge is 0.227 e. The summed E-state index contributed by atoms with van der Waals surface area (Å²) in [6.45, 7) is 3.83. The molecule has 2 N–H and O–H groups in total. The van der Waals surface area contributed by atoms with Crippen LogP contribution in [0.15, 0.2) is 24.3 Å². The summed E-state index contributed by atoms with van der Waals surface area (Å²) in [6, 6.07) is 7.48. The van der Waals surface area contributed by atoms with Crippen molar-refractivity contribution >= 4 is 11.6 Å². The van der Waals surface area contributed by atoms with Gasteiger partial charge in [0.15, 0.2) is 0 Å². The summed E-state index contributed by atoms with van der Waals surface area (Å²) in [5, 5.41) is 13.2. The number of rotatable bonds is 5. The molecule has 1 saturated heterocycles. The van der Waals surface area contributed by atoms with Gasteiger partial charge in [-0.2, -0.15) is 0 Å². The zero-order chi connectivity index (χ0) is 14.7. The van der Waals surface area contributed by atoms with Gasteiger partial charge in [-0.1, -0.05) is 12.1 Å². The van der Waals surface area contributed by atoms with E-state index < -0.39 is 6.10 Å². The van der Waals surface area contributed by atoms with E-state index in [0.29, 0.717) is 6.54 Å². The van der Waals surface area contributed by atoms with E-state index in [4.69, 9.17) is 4.74 Å². The summed E-state index contributed by atoms with van der Waals surface area (Å²) in [5.74, 6) is 0.313. The average molecular weight is 290 g/mol. The van der Waals surface area contributed by atoms with Crippen LogP contribution in [0.5, 0.6) is 0 Å². The van der Waals surface area contributed by atoms with Crippen molar-refractivity contribution in [2.45, 2.75) is 18.9 Å². The van der Waals surface area contributed by atoms with E-state index in [2.05, 4.69) is 10.2 Å². The van der Waals surface area contributed by atoms with Gasteiger partial charge < -0.3 is 15.2 Å². The number of β-amino-alcohol motifs (C(OH)–C–C–N with tert-alkyl or cyclic N) is 1. The van der Waals surface area contributed by atoms with Crippen molar-refractivity contribution in [3.05, 3.63) is 29.8 Å². The van der Waals surface area contributed by atoms with Crippen molar-refractivity contribution < 1.29 is 14.6 Å². The molecule has 114 valence electrons. The minimum absolute atomic E-state index is 0.108. The maximum absolute atomic E-state index is 11.7. The summed E-state index contributed by atoms with van der Waals surface area (Å²) in [4.78, 5) is 13.9. The number of anilines is 1. The van der Waals surface area contributed by atoms with Crippen LogP contribution in [0.4, 0.5) is 5.69 Å². The zero-order valence-corrected chi connectivity index (χ0v) is 12.1. The van der Waals surface area contributed by atoms with Crippen molar-refractivity contribution in [2.24, 2.45) is 5.92 Å². The SMILES string of the molecule is O=C(Nc1ccc(C(O)CN2CCOCC2)cc1)C1CC1. The first kappa shape index (κ1) is 14.5. The Kier molecular flexibility index (Phi) is 4.53. The van der Waals surface area contributed by atoms with Crippen LogP contribution in [0.2, 0.25) is 0 Å². The van der Waals surface area contributed by atoms with Gasteiger partial charge in [0.2, 0.25) is 5.91 Å². The second-order valence-electron chi connectivity index (χ2n) is 5.81. The zero-order valence-electron chi connectivity index (χ0n) is 12.1. The van der Waals surface area contributed by atoms with Crippen molar-refractivity contribution in [1.82, 2.24) is 4.90 Å². The Balaban J connectivity index is 1.53. The Morgan fingerprint density at radius 3 is 2.57 bits per heavy atom. The molecule has 2 aliphatic rings. The molecule has 21 heavy (non-hydrogen) atoms. The number of benzene rings is 1. The van der Waals surface area contributed by atoms with Crippen LogP contribution in [-0.2, 0) is 9.53 Å². The molecule has 1 atom stereocenters. The molecular weight excluding hydrogens is 268 g/mol. The molecule has 1 aliphatic carbocycles. The van der Waals surface area contributed by atoms with Gasteiger partial charge in [-0.3, -0.25) is 9.69 Å². The summed E-state index contributed by atoms with van der Waals surface area (Å²) in [7, 11) is 0. The number of amides is 1. The lowest BCUT2D eigenvalue weighted by molar-refractivity contribution is -0.117. The van der Waals surface area contributed by atoms with Crippen LogP contribution in [0.3, 0.4) is 0 Å². The van der Waals surface area contributed by atoms with Crippen LogP contribution >= 0.6 is 0 Å². The molecule has 0 spiro atoms. The minimum atomic E-state index is -0.503. The Bertz CT molecular complexity index is 479. The number of morpholine rings is 1. The second-order valence-corrected chi connectivity index (χ2v) is 5.81. The van der Waals surface area contributed by atoms with Crippen LogP contribution in [-0.4, -0.2) is 48.8 Å². The van der Waals surface area contributed by atoms with Crippen LogP contribution in [0, 0.1) is 5.92 Å². The third kappa shape index (κ3) is 4.03. The number of hydrogen-bond donors (Lipinski definition) is 2. The van der Waals surface area contributed by atoms with E-state index in [9.17, 15) is 9.90 Å². The summed E-state index contributed by atoms with van der Waals surface area (Å²) in [6.07, 6.45) is 1.50. The largest absolute Gasteiger partial charge is 0.387 e. The monoisotopic (exact) mass is 290 g/mol. The molecule has 1 heterocycles. The lowest BCUT2D eigenvalue weighted by Crippen LogP contribution is -2.38. The normalized spacial score (nSPS) is 21.0. The van der Waals surface area contributed by atoms with Crippen molar-refractivity contribution in [3.8, 4) is 0 Å². The summed E-state index contributed by atoms with van der Waals surface area (Å²) in [5.41, 5.74) is 1.68. The highest BCUT2D eigenvalue weighted by atomic mass is 16.5. The molecule has 1 aliphatic heterocycles. The fourth-order valence-electron chi connectivity index (χ4n) is 2.51. The molecule has 3 rings (SSSR count). The maximum Gasteiger partial charge on any atom is 0.227 e. The van der Waals surface area contributed by atoms with Crippen molar-refractivity contribution in [3.63, 3.8) is 0 Å². The van der Waals surface area contributed by atoms with E-state index in [1.165, 1.54) is 0 Å². The number of nitrogens with zero attached hydrogens (tertiary/aromatic N) is 1. The first-order chi connectivity index (χ1) is 10.2. The molecule has 5 nitrogen and oxygen atoms in total. The molecule has 0 bridgehead atoms. The summed E-state index contributed by atoms with van der Waals surface area (Å²) >= 11 is 0.